The van der Waals surface area contributed by atoms with Crippen molar-refractivity contribution in [3.8, 4) is 0 Å². The number of hydrogen-bond donors (Lipinski definition) is 0. The van der Waals surface area contributed by atoms with Crippen molar-refractivity contribution in [2.75, 3.05) is 12.5 Å². The average Bonchev–Trinajstić information content (AvgIpc) is 2.47. The molecule has 0 amide bonds. The minimum atomic E-state index is 0.258. The minimum Gasteiger partial charge on any atom is -0.211 e. The van der Waals surface area contributed by atoms with E-state index in [9.17, 15) is 9.59 Å². The Kier molecular flexibility index (Phi) is 6.76. The van der Waals surface area contributed by atoms with Crippen LogP contribution in [0.25, 0.3) is 0 Å². The van der Waals surface area contributed by atoms with Gasteiger partial charge in [-0.15, -0.1) is 23.5 Å². The summed E-state index contributed by atoms with van der Waals surface area (Å²) in [6.07, 6.45) is 7.89. The first-order chi connectivity index (χ1) is 9.64. The fourth-order valence-electron chi connectivity index (χ4n) is 1.89. The number of isocyanates is 2. The van der Waals surface area contributed by atoms with Gasteiger partial charge in [0, 0.05) is 4.90 Å². The molecule has 0 heterocycles. The molecular weight excluding hydrogens is 292 g/mol. The van der Waals surface area contributed by atoms with Crippen LogP contribution in [0.2, 0.25) is 0 Å². The van der Waals surface area contributed by atoms with Crippen LogP contribution in [-0.2, 0) is 9.59 Å². The monoisotopic (exact) mass is 308 g/mol. The maximum absolute atomic E-state index is 10.7. The highest BCUT2D eigenvalue weighted by atomic mass is 32.2. The lowest BCUT2D eigenvalue weighted by Gasteiger charge is -2.17. The summed E-state index contributed by atoms with van der Waals surface area (Å²) in [6.45, 7) is 4.16. The van der Waals surface area contributed by atoms with Crippen LogP contribution >= 0.6 is 23.5 Å². The summed E-state index contributed by atoms with van der Waals surface area (Å²) in [5.41, 5.74) is 2.07. The van der Waals surface area contributed by atoms with Crippen LogP contribution in [0.1, 0.15) is 31.7 Å². The van der Waals surface area contributed by atoms with E-state index in [-0.39, 0.29) is 5.92 Å². The third kappa shape index (κ3) is 3.41. The average molecular weight is 308 g/mol. The van der Waals surface area contributed by atoms with Gasteiger partial charge in [0.05, 0.1) is 10.6 Å². The van der Waals surface area contributed by atoms with Gasteiger partial charge >= 0.3 is 0 Å². The fraction of sp³-hybridized carbons (Fsp3) is 0.429. The van der Waals surface area contributed by atoms with Gasteiger partial charge in [-0.05, 0) is 36.5 Å². The molecule has 0 aliphatic rings. The Labute approximate surface area is 127 Å². The Morgan fingerprint density at radius 1 is 1.15 bits per heavy atom. The fourth-order valence-corrected chi connectivity index (χ4v) is 3.25. The van der Waals surface area contributed by atoms with Crippen LogP contribution in [0.4, 0.5) is 11.4 Å². The lowest BCUT2D eigenvalue weighted by Crippen LogP contribution is -1.95. The SMILES string of the molecule is CCC(C)c1cc(SC)c(N=C=O)c(SC)c1N=C=O. The molecule has 0 aromatic heterocycles. The summed E-state index contributed by atoms with van der Waals surface area (Å²) >= 11 is 2.92. The van der Waals surface area contributed by atoms with Gasteiger partial charge in [-0.25, -0.2) is 9.59 Å². The van der Waals surface area contributed by atoms with Crippen LogP contribution < -0.4 is 0 Å². The highest BCUT2D eigenvalue weighted by molar-refractivity contribution is 7.99. The molecule has 6 heteroatoms. The molecular formula is C14H16N2O2S2. The molecule has 0 saturated carbocycles. The van der Waals surface area contributed by atoms with Crippen LogP contribution in [0, 0.1) is 0 Å². The number of thioether (sulfide) groups is 2. The molecule has 0 bridgehead atoms. The van der Waals surface area contributed by atoms with Gasteiger partial charge in [-0.3, -0.25) is 0 Å². The van der Waals surface area contributed by atoms with E-state index in [1.807, 2.05) is 18.6 Å². The number of benzene rings is 1. The Bertz CT molecular complexity index is 589. The summed E-state index contributed by atoms with van der Waals surface area (Å²) in [7, 11) is 0. The molecule has 1 aromatic rings. The first kappa shape index (κ1) is 16.7. The van der Waals surface area contributed by atoms with E-state index in [0.717, 1.165) is 21.8 Å². The number of carbonyl (C=O) groups excluding carboxylic acids is 2. The number of aliphatic imine (C=N–C) groups is 2. The number of nitrogens with zero attached hydrogens (tertiary/aromatic N) is 2. The molecule has 0 saturated heterocycles. The molecule has 20 heavy (non-hydrogen) atoms. The predicted octanol–water partition coefficient (Wildman–Crippen LogP) is 4.58. The Balaban J connectivity index is 3.78. The van der Waals surface area contributed by atoms with Gasteiger partial charge in [0.25, 0.3) is 0 Å². The lowest BCUT2D eigenvalue weighted by molar-refractivity contribution is 0.564. The van der Waals surface area contributed by atoms with Gasteiger partial charge in [0.2, 0.25) is 12.2 Å². The summed E-state index contributed by atoms with van der Waals surface area (Å²) in [6, 6.07) is 1.95. The molecule has 1 rings (SSSR count). The van der Waals surface area contributed by atoms with Crippen molar-refractivity contribution in [2.45, 2.75) is 36.0 Å². The van der Waals surface area contributed by atoms with E-state index < -0.39 is 0 Å². The van der Waals surface area contributed by atoms with Crippen LogP contribution in [-0.4, -0.2) is 24.7 Å². The Hall–Kier alpha value is -1.32. The van der Waals surface area contributed by atoms with Gasteiger partial charge < -0.3 is 0 Å². The lowest BCUT2D eigenvalue weighted by atomic mass is 9.96. The van der Waals surface area contributed by atoms with Crippen molar-refractivity contribution in [1.82, 2.24) is 0 Å². The van der Waals surface area contributed by atoms with Crippen molar-refractivity contribution in [3.63, 3.8) is 0 Å². The molecule has 0 fully saturated rings. The molecule has 106 valence electrons. The maximum Gasteiger partial charge on any atom is 0.240 e. The summed E-state index contributed by atoms with van der Waals surface area (Å²) in [5, 5.41) is 0. The molecule has 0 aliphatic heterocycles. The topological polar surface area (TPSA) is 58.9 Å². The van der Waals surface area contributed by atoms with Crippen molar-refractivity contribution in [3.05, 3.63) is 11.6 Å². The van der Waals surface area contributed by atoms with E-state index in [1.54, 1.807) is 12.2 Å². The maximum atomic E-state index is 10.7. The zero-order valence-electron chi connectivity index (χ0n) is 11.9. The summed E-state index contributed by atoms with van der Waals surface area (Å²) in [4.78, 5) is 30.6. The van der Waals surface area contributed by atoms with Crippen molar-refractivity contribution in [2.24, 2.45) is 9.98 Å². The smallest absolute Gasteiger partial charge is 0.211 e. The second-order valence-electron chi connectivity index (χ2n) is 4.11. The van der Waals surface area contributed by atoms with E-state index in [2.05, 4.69) is 23.8 Å². The third-order valence-corrected chi connectivity index (χ3v) is 4.65. The third-order valence-electron chi connectivity index (χ3n) is 3.11. The van der Waals surface area contributed by atoms with E-state index in [1.165, 1.54) is 23.5 Å². The van der Waals surface area contributed by atoms with E-state index in [4.69, 9.17) is 0 Å². The zero-order chi connectivity index (χ0) is 15.1. The zero-order valence-corrected chi connectivity index (χ0v) is 13.5. The van der Waals surface area contributed by atoms with E-state index >= 15 is 0 Å². The molecule has 1 aromatic carbocycles. The second kappa shape index (κ2) is 8.08. The van der Waals surface area contributed by atoms with Crippen LogP contribution in [0.5, 0.6) is 0 Å². The van der Waals surface area contributed by atoms with Gasteiger partial charge in [-0.2, -0.15) is 9.98 Å². The van der Waals surface area contributed by atoms with Crippen molar-refractivity contribution in [1.29, 1.82) is 0 Å². The van der Waals surface area contributed by atoms with Crippen molar-refractivity contribution >= 4 is 47.1 Å². The van der Waals surface area contributed by atoms with Gasteiger partial charge in [0.15, 0.2) is 0 Å². The predicted molar refractivity (Wildman–Crippen MR) is 84.3 cm³/mol. The molecule has 4 nitrogen and oxygen atoms in total. The van der Waals surface area contributed by atoms with Gasteiger partial charge in [0.1, 0.15) is 5.69 Å². The van der Waals surface area contributed by atoms with Crippen LogP contribution in [0.15, 0.2) is 25.8 Å². The molecule has 0 spiro atoms. The van der Waals surface area contributed by atoms with Gasteiger partial charge in [-0.1, -0.05) is 13.8 Å². The largest absolute Gasteiger partial charge is 0.240 e. The summed E-state index contributed by atoms with van der Waals surface area (Å²) in [5.74, 6) is 0.258. The number of hydrogen-bond acceptors (Lipinski definition) is 6. The molecule has 1 atom stereocenters. The highest BCUT2D eigenvalue weighted by Gasteiger charge is 2.20. The first-order valence-corrected chi connectivity index (χ1v) is 8.54. The Morgan fingerprint density at radius 3 is 2.20 bits per heavy atom. The standard InChI is InChI=1S/C14H16N2O2S2/c1-5-9(2)10-6-11(19-3)13(16-8-18)14(20-4)12(10)15-7-17/h6,9H,5H2,1-4H3. The van der Waals surface area contributed by atoms with Crippen molar-refractivity contribution < 1.29 is 9.59 Å². The van der Waals surface area contributed by atoms with Crippen LogP contribution in [0.3, 0.4) is 0 Å². The quantitative estimate of drug-likeness (QED) is 0.438. The first-order valence-electron chi connectivity index (χ1n) is 6.09. The van der Waals surface area contributed by atoms with E-state index in [0.29, 0.717) is 11.4 Å². The molecule has 0 aliphatic carbocycles. The number of rotatable bonds is 6. The molecule has 0 radical (unpaired) electrons. The molecule has 1 unspecified atom stereocenters. The second-order valence-corrected chi connectivity index (χ2v) is 5.78. The Morgan fingerprint density at radius 2 is 1.75 bits per heavy atom. The summed E-state index contributed by atoms with van der Waals surface area (Å²) < 4.78 is 0. The normalized spacial score (nSPS) is 11.4. The molecule has 0 N–H and O–H groups in total. The highest BCUT2D eigenvalue weighted by Crippen LogP contribution is 2.47. The minimum absolute atomic E-state index is 0.258.